The van der Waals surface area contributed by atoms with Crippen molar-refractivity contribution >= 4 is 11.6 Å². The first-order valence-electron chi connectivity index (χ1n) is 10.0. The van der Waals surface area contributed by atoms with Crippen molar-refractivity contribution in [2.75, 3.05) is 0 Å². The van der Waals surface area contributed by atoms with E-state index in [2.05, 4.69) is 90.6 Å². The number of fused-ring (bicyclic) bond motifs is 1. The largest absolute Gasteiger partial charge is 0.483 e. The Kier molecular flexibility index (Phi) is 4.78. The summed E-state index contributed by atoms with van der Waals surface area (Å²) in [6.45, 7) is 20.2. The van der Waals surface area contributed by atoms with Gasteiger partial charge in [-0.2, -0.15) is 0 Å². The molecule has 0 fully saturated rings. The fraction of sp³-hybridized carbons (Fsp3) is 0.462. The van der Waals surface area contributed by atoms with E-state index in [1.54, 1.807) is 0 Å². The average molecular weight is 363 g/mol. The molecular weight excluding hydrogens is 328 g/mol. The number of ether oxygens (including phenoxy) is 1. The van der Waals surface area contributed by atoms with Crippen molar-refractivity contribution in [3.63, 3.8) is 0 Å². The molecule has 0 amide bonds. The van der Waals surface area contributed by atoms with Crippen molar-refractivity contribution in [3.8, 4) is 5.75 Å². The molecule has 0 radical (unpaired) electrons. The molecule has 1 aliphatic heterocycles. The third-order valence-electron chi connectivity index (χ3n) is 6.04. The van der Waals surface area contributed by atoms with E-state index in [1.165, 1.54) is 27.8 Å². The van der Waals surface area contributed by atoms with Crippen LogP contribution in [0.2, 0.25) is 0 Å². The van der Waals surface area contributed by atoms with Crippen molar-refractivity contribution in [1.29, 1.82) is 0 Å². The van der Waals surface area contributed by atoms with Gasteiger partial charge in [-0.15, -0.1) is 0 Å². The van der Waals surface area contributed by atoms with E-state index < -0.39 is 0 Å². The molecule has 3 rings (SSSR count). The number of hydrogen-bond donors (Lipinski definition) is 0. The molecule has 2 aliphatic rings. The zero-order valence-corrected chi connectivity index (χ0v) is 18.1. The first-order chi connectivity index (χ1) is 12.5. The van der Waals surface area contributed by atoms with E-state index >= 15 is 0 Å². The number of benzene rings is 1. The molecule has 1 nitrogen and oxygen atoms in total. The molecule has 0 spiro atoms. The van der Waals surface area contributed by atoms with E-state index in [0.717, 1.165) is 18.6 Å². The SMILES string of the molecule is C=C1C(c2ccc3c(c2C)C=CC(C)(CC=CC)O3)=CC(C)(C)CC1(C)C. The van der Waals surface area contributed by atoms with Crippen molar-refractivity contribution in [2.24, 2.45) is 10.8 Å². The van der Waals surface area contributed by atoms with Gasteiger partial charge in [-0.3, -0.25) is 0 Å². The van der Waals surface area contributed by atoms with Crippen LogP contribution in [-0.4, -0.2) is 5.60 Å². The van der Waals surface area contributed by atoms with Gasteiger partial charge in [0.05, 0.1) is 0 Å². The summed E-state index contributed by atoms with van der Waals surface area (Å²) >= 11 is 0. The standard InChI is InChI=1S/C26H34O/c1-9-10-14-26(8)15-13-21-18(2)20(11-12-23(21)27-26)22-16-24(4,5)17-25(6,7)19(22)3/h9-13,15-16H,3,14,17H2,1-2,4-8H3. The van der Waals surface area contributed by atoms with Crippen LogP contribution >= 0.6 is 0 Å². The van der Waals surface area contributed by atoms with Gasteiger partial charge in [0.1, 0.15) is 11.4 Å². The molecule has 0 bridgehead atoms. The Morgan fingerprint density at radius 1 is 1.15 bits per heavy atom. The van der Waals surface area contributed by atoms with Crippen LogP contribution in [0.25, 0.3) is 11.6 Å². The molecule has 1 aromatic carbocycles. The maximum absolute atomic E-state index is 6.37. The molecule has 1 atom stereocenters. The zero-order valence-electron chi connectivity index (χ0n) is 18.1. The molecule has 1 heteroatoms. The van der Waals surface area contributed by atoms with Crippen LogP contribution in [0.5, 0.6) is 5.75 Å². The highest BCUT2D eigenvalue weighted by molar-refractivity contribution is 5.85. The predicted octanol–water partition coefficient (Wildman–Crippen LogP) is 7.52. The fourth-order valence-electron chi connectivity index (χ4n) is 4.68. The lowest BCUT2D eigenvalue weighted by Crippen LogP contribution is -2.31. The van der Waals surface area contributed by atoms with Gasteiger partial charge in [0.25, 0.3) is 0 Å². The summed E-state index contributed by atoms with van der Waals surface area (Å²) in [6, 6.07) is 4.36. The Morgan fingerprint density at radius 3 is 2.52 bits per heavy atom. The van der Waals surface area contributed by atoms with Crippen molar-refractivity contribution in [1.82, 2.24) is 0 Å². The molecular formula is C26H34O. The summed E-state index contributed by atoms with van der Waals surface area (Å²) in [5.41, 5.74) is 6.29. The zero-order chi connectivity index (χ0) is 20.0. The number of allylic oxidation sites excluding steroid dienone is 4. The summed E-state index contributed by atoms with van der Waals surface area (Å²) in [6.07, 6.45) is 13.1. The summed E-state index contributed by atoms with van der Waals surface area (Å²) in [4.78, 5) is 0. The lowest BCUT2D eigenvalue weighted by atomic mass is 9.63. The number of rotatable bonds is 3. The van der Waals surface area contributed by atoms with Gasteiger partial charge in [0.15, 0.2) is 0 Å². The maximum atomic E-state index is 6.37. The van der Waals surface area contributed by atoms with Gasteiger partial charge in [-0.05, 0) is 72.4 Å². The summed E-state index contributed by atoms with van der Waals surface area (Å²) < 4.78 is 6.37. The molecule has 0 aromatic heterocycles. The van der Waals surface area contributed by atoms with E-state index in [0.29, 0.717) is 0 Å². The van der Waals surface area contributed by atoms with Crippen LogP contribution in [0.1, 0.15) is 71.1 Å². The highest BCUT2D eigenvalue weighted by Crippen LogP contribution is 2.51. The van der Waals surface area contributed by atoms with Crippen LogP contribution in [0.15, 0.2) is 48.6 Å². The van der Waals surface area contributed by atoms with E-state index in [1.807, 2.05) is 6.92 Å². The summed E-state index contributed by atoms with van der Waals surface area (Å²) in [5, 5.41) is 0. The van der Waals surface area contributed by atoms with Gasteiger partial charge in [0.2, 0.25) is 0 Å². The van der Waals surface area contributed by atoms with Crippen molar-refractivity contribution < 1.29 is 4.74 Å². The van der Waals surface area contributed by atoms with Crippen molar-refractivity contribution in [3.05, 3.63) is 65.3 Å². The Bertz CT molecular complexity index is 860. The first kappa shape index (κ1) is 19.7. The van der Waals surface area contributed by atoms with Crippen LogP contribution < -0.4 is 4.74 Å². The highest BCUT2D eigenvalue weighted by atomic mass is 16.5. The smallest absolute Gasteiger partial charge is 0.128 e. The molecule has 0 N–H and O–H groups in total. The Morgan fingerprint density at radius 2 is 1.85 bits per heavy atom. The second-order valence-corrected chi connectivity index (χ2v) is 9.76. The first-order valence-corrected chi connectivity index (χ1v) is 10.0. The lowest BCUT2D eigenvalue weighted by molar-refractivity contribution is 0.141. The minimum atomic E-state index is -0.273. The lowest BCUT2D eigenvalue weighted by Gasteiger charge is -2.42. The third-order valence-corrected chi connectivity index (χ3v) is 6.04. The van der Waals surface area contributed by atoms with Gasteiger partial charge in [0, 0.05) is 12.0 Å². The normalized spacial score (nSPS) is 25.9. The van der Waals surface area contributed by atoms with Gasteiger partial charge >= 0.3 is 0 Å². The molecule has 0 saturated heterocycles. The second kappa shape index (κ2) is 6.55. The third kappa shape index (κ3) is 3.70. The van der Waals surface area contributed by atoms with E-state index in [-0.39, 0.29) is 16.4 Å². The molecule has 27 heavy (non-hydrogen) atoms. The van der Waals surface area contributed by atoms with E-state index in [4.69, 9.17) is 4.74 Å². The molecule has 144 valence electrons. The monoisotopic (exact) mass is 362 g/mol. The fourth-order valence-corrected chi connectivity index (χ4v) is 4.68. The number of hydrogen-bond acceptors (Lipinski definition) is 1. The second-order valence-electron chi connectivity index (χ2n) is 9.76. The van der Waals surface area contributed by atoms with E-state index in [9.17, 15) is 0 Å². The molecule has 1 aromatic rings. The van der Waals surface area contributed by atoms with Crippen LogP contribution in [0, 0.1) is 17.8 Å². The average Bonchev–Trinajstić information content (AvgIpc) is 2.56. The highest BCUT2D eigenvalue weighted by Gasteiger charge is 2.37. The quantitative estimate of drug-likeness (QED) is 0.505. The van der Waals surface area contributed by atoms with Crippen LogP contribution in [0.3, 0.4) is 0 Å². The van der Waals surface area contributed by atoms with Gasteiger partial charge < -0.3 is 4.74 Å². The van der Waals surface area contributed by atoms with Crippen LogP contribution in [-0.2, 0) is 0 Å². The molecule has 1 heterocycles. The summed E-state index contributed by atoms with van der Waals surface area (Å²) in [5.74, 6) is 0.978. The predicted molar refractivity (Wildman–Crippen MR) is 118 cm³/mol. The van der Waals surface area contributed by atoms with Gasteiger partial charge in [-0.25, -0.2) is 0 Å². The topological polar surface area (TPSA) is 9.23 Å². The van der Waals surface area contributed by atoms with Crippen LogP contribution in [0.4, 0.5) is 0 Å². The summed E-state index contributed by atoms with van der Waals surface area (Å²) in [7, 11) is 0. The molecule has 1 aliphatic carbocycles. The Labute approximate surface area is 165 Å². The minimum absolute atomic E-state index is 0.104. The Hall–Kier alpha value is -2.02. The molecule has 1 unspecified atom stereocenters. The maximum Gasteiger partial charge on any atom is 0.128 e. The van der Waals surface area contributed by atoms with Crippen molar-refractivity contribution in [2.45, 2.75) is 66.9 Å². The Balaban J connectivity index is 2.05. The minimum Gasteiger partial charge on any atom is -0.483 e. The molecule has 0 saturated carbocycles. The van der Waals surface area contributed by atoms with Gasteiger partial charge in [-0.1, -0.05) is 64.6 Å².